The molecule has 3 fully saturated rings. The molecule has 0 unspecified atom stereocenters. The molecular weight excluding hydrogens is 244 g/mol. The predicted molar refractivity (Wildman–Crippen MR) is 82.4 cm³/mol. The van der Waals surface area contributed by atoms with Crippen molar-refractivity contribution in [1.82, 2.24) is 0 Å². The smallest absolute Gasteiger partial charge is 0.136 e. The Morgan fingerprint density at radius 2 is 1.70 bits per heavy atom. The quantitative estimate of drug-likeness (QED) is 0.733. The molecule has 0 aromatic heterocycles. The standard InChI is InChI=1S/C19H18O/c20-19-12-14-8-9-16(19)11-17(14)10-15-6-3-5-13-4-1-2-7-18(13)15/h1-7,10,14,16H,8-9,11-12H2/b17-10+/t14-,16-/m1/s1. The van der Waals surface area contributed by atoms with Crippen LogP contribution in [0.3, 0.4) is 0 Å². The van der Waals surface area contributed by atoms with Crippen LogP contribution in [0.2, 0.25) is 0 Å². The summed E-state index contributed by atoms with van der Waals surface area (Å²) >= 11 is 0. The van der Waals surface area contributed by atoms with Crippen LogP contribution >= 0.6 is 0 Å². The zero-order valence-electron chi connectivity index (χ0n) is 11.5. The van der Waals surface area contributed by atoms with Gasteiger partial charge in [-0.3, -0.25) is 4.79 Å². The summed E-state index contributed by atoms with van der Waals surface area (Å²) in [7, 11) is 0. The maximum atomic E-state index is 11.8. The fourth-order valence-corrected chi connectivity index (χ4v) is 3.81. The van der Waals surface area contributed by atoms with Crippen molar-refractivity contribution in [2.24, 2.45) is 11.8 Å². The molecule has 1 nitrogen and oxygen atoms in total. The predicted octanol–water partition coefficient (Wildman–Crippen LogP) is 4.61. The van der Waals surface area contributed by atoms with Gasteiger partial charge in [-0.15, -0.1) is 0 Å². The Bertz CT molecular complexity index is 705. The number of hydrogen-bond donors (Lipinski definition) is 0. The van der Waals surface area contributed by atoms with Gasteiger partial charge in [0.2, 0.25) is 0 Å². The molecule has 1 heteroatoms. The third kappa shape index (κ3) is 1.89. The van der Waals surface area contributed by atoms with E-state index in [4.69, 9.17) is 0 Å². The topological polar surface area (TPSA) is 17.1 Å². The summed E-state index contributed by atoms with van der Waals surface area (Å²) in [4.78, 5) is 11.8. The van der Waals surface area contributed by atoms with Gasteiger partial charge < -0.3 is 0 Å². The van der Waals surface area contributed by atoms with Crippen LogP contribution in [0.5, 0.6) is 0 Å². The number of hydrogen-bond acceptors (Lipinski definition) is 1. The first kappa shape index (κ1) is 11.9. The highest BCUT2D eigenvalue weighted by atomic mass is 16.1. The Morgan fingerprint density at radius 1 is 0.900 bits per heavy atom. The van der Waals surface area contributed by atoms with Gasteiger partial charge in [-0.25, -0.2) is 0 Å². The molecule has 0 N–H and O–H groups in total. The van der Waals surface area contributed by atoms with Crippen LogP contribution in [0.4, 0.5) is 0 Å². The van der Waals surface area contributed by atoms with Crippen molar-refractivity contribution in [3.05, 3.63) is 53.6 Å². The Morgan fingerprint density at radius 3 is 2.50 bits per heavy atom. The van der Waals surface area contributed by atoms with Crippen LogP contribution in [0, 0.1) is 11.8 Å². The molecule has 3 aliphatic carbocycles. The van der Waals surface area contributed by atoms with E-state index in [2.05, 4.69) is 48.5 Å². The van der Waals surface area contributed by atoms with E-state index in [0.29, 0.717) is 17.6 Å². The average Bonchev–Trinajstić information content (AvgIpc) is 2.49. The first-order valence-corrected chi connectivity index (χ1v) is 7.52. The summed E-state index contributed by atoms with van der Waals surface area (Å²) in [5, 5.41) is 2.61. The van der Waals surface area contributed by atoms with Gasteiger partial charge in [-0.05, 0) is 41.5 Å². The number of rotatable bonds is 1. The molecule has 0 aliphatic heterocycles. The largest absolute Gasteiger partial charge is 0.299 e. The minimum Gasteiger partial charge on any atom is -0.299 e. The van der Waals surface area contributed by atoms with Gasteiger partial charge in [0.25, 0.3) is 0 Å². The van der Waals surface area contributed by atoms with Crippen molar-refractivity contribution < 1.29 is 4.79 Å². The Balaban J connectivity index is 1.78. The third-order valence-corrected chi connectivity index (χ3v) is 4.94. The molecule has 3 saturated carbocycles. The third-order valence-electron chi connectivity index (χ3n) is 4.94. The molecule has 0 spiro atoms. The number of allylic oxidation sites excluding steroid dienone is 1. The number of carbonyl (C=O) groups excluding carboxylic acids is 1. The number of carbonyl (C=O) groups is 1. The minimum absolute atomic E-state index is 0.307. The monoisotopic (exact) mass is 262 g/mol. The van der Waals surface area contributed by atoms with Crippen molar-refractivity contribution in [3.8, 4) is 0 Å². The van der Waals surface area contributed by atoms with Crippen molar-refractivity contribution in [2.45, 2.75) is 25.7 Å². The van der Waals surface area contributed by atoms with Gasteiger partial charge in [0, 0.05) is 12.3 Å². The summed E-state index contributed by atoms with van der Waals surface area (Å²) in [6, 6.07) is 15.0. The molecule has 2 bridgehead atoms. The van der Waals surface area contributed by atoms with Gasteiger partial charge in [-0.1, -0.05) is 54.1 Å². The number of benzene rings is 2. The lowest BCUT2D eigenvalue weighted by Gasteiger charge is -2.37. The molecular formula is C19H18O. The maximum absolute atomic E-state index is 11.8. The lowest BCUT2D eigenvalue weighted by molar-refractivity contribution is -0.127. The highest BCUT2D eigenvalue weighted by Crippen LogP contribution is 2.43. The zero-order chi connectivity index (χ0) is 13.5. The van der Waals surface area contributed by atoms with Gasteiger partial charge in [-0.2, -0.15) is 0 Å². The van der Waals surface area contributed by atoms with E-state index in [1.807, 2.05) is 0 Å². The van der Waals surface area contributed by atoms with Gasteiger partial charge in [0.1, 0.15) is 5.78 Å². The highest BCUT2D eigenvalue weighted by Gasteiger charge is 2.37. The molecule has 2 aromatic carbocycles. The van der Waals surface area contributed by atoms with Crippen LogP contribution in [0.25, 0.3) is 16.8 Å². The SMILES string of the molecule is O=C1C[C@H]2CC[C@@H]1C/C2=C\c1cccc2ccccc12. The number of Topliss-reactive ketones (excluding diaryl/α,β-unsaturated/α-hetero) is 1. The minimum atomic E-state index is 0.307. The molecule has 0 heterocycles. The lowest BCUT2D eigenvalue weighted by Crippen LogP contribution is -2.32. The average molecular weight is 262 g/mol. The van der Waals surface area contributed by atoms with Crippen LogP contribution in [-0.2, 0) is 4.79 Å². The van der Waals surface area contributed by atoms with Crippen molar-refractivity contribution >= 4 is 22.6 Å². The Labute approximate surface area is 119 Å². The second kappa shape index (κ2) is 4.59. The Kier molecular flexibility index (Phi) is 2.73. The van der Waals surface area contributed by atoms with E-state index in [9.17, 15) is 4.79 Å². The fraction of sp³-hybridized carbons (Fsp3) is 0.316. The molecule has 0 saturated heterocycles. The molecule has 0 amide bonds. The summed E-state index contributed by atoms with van der Waals surface area (Å²) in [5.74, 6) is 1.31. The first-order valence-electron chi connectivity index (χ1n) is 7.52. The highest BCUT2D eigenvalue weighted by molar-refractivity contribution is 5.91. The van der Waals surface area contributed by atoms with E-state index in [1.165, 1.54) is 28.3 Å². The fourth-order valence-electron chi connectivity index (χ4n) is 3.81. The molecule has 20 heavy (non-hydrogen) atoms. The van der Waals surface area contributed by atoms with Crippen LogP contribution < -0.4 is 0 Å². The van der Waals surface area contributed by atoms with Crippen LogP contribution in [-0.4, -0.2) is 5.78 Å². The normalized spacial score (nSPS) is 27.4. The zero-order valence-corrected chi connectivity index (χ0v) is 11.5. The number of ketones is 1. The molecule has 2 aromatic rings. The molecule has 2 atom stereocenters. The Hall–Kier alpha value is -1.89. The first-order chi connectivity index (χ1) is 9.81. The van der Waals surface area contributed by atoms with Gasteiger partial charge in [0.15, 0.2) is 0 Å². The van der Waals surface area contributed by atoms with E-state index in [-0.39, 0.29) is 0 Å². The molecule has 5 rings (SSSR count). The molecule has 3 aliphatic rings. The molecule has 100 valence electrons. The summed E-state index contributed by atoms with van der Waals surface area (Å²) in [6.45, 7) is 0. The van der Waals surface area contributed by atoms with E-state index in [0.717, 1.165) is 19.3 Å². The number of fused-ring (bicyclic) bond motifs is 4. The summed E-state index contributed by atoms with van der Waals surface area (Å²) in [5.41, 5.74) is 2.80. The van der Waals surface area contributed by atoms with Crippen molar-refractivity contribution in [1.29, 1.82) is 0 Å². The van der Waals surface area contributed by atoms with E-state index in [1.54, 1.807) is 0 Å². The van der Waals surface area contributed by atoms with Crippen molar-refractivity contribution in [2.75, 3.05) is 0 Å². The van der Waals surface area contributed by atoms with E-state index >= 15 is 0 Å². The van der Waals surface area contributed by atoms with Gasteiger partial charge >= 0.3 is 0 Å². The second-order valence-electron chi connectivity index (χ2n) is 6.13. The lowest BCUT2D eigenvalue weighted by atomic mass is 9.67. The van der Waals surface area contributed by atoms with Crippen molar-refractivity contribution in [3.63, 3.8) is 0 Å². The maximum Gasteiger partial charge on any atom is 0.136 e. The van der Waals surface area contributed by atoms with Crippen LogP contribution in [0.15, 0.2) is 48.0 Å². The van der Waals surface area contributed by atoms with Crippen LogP contribution in [0.1, 0.15) is 31.2 Å². The van der Waals surface area contributed by atoms with Gasteiger partial charge in [0.05, 0.1) is 0 Å². The summed E-state index contributed by atoms with van der Waals surface area (Å²) in [6.07, 6.45) is 6.43. The molecule has 0 radical (unpaired) electrons. The second-order valence-corrected chi connectivity index (χ2v) is 6.13. The van der Waals surface area contributed by atoms with E-state index < -0.39 is 0 Å². The summed E-state index contributed by atoms with van der Waals surface area (Å²) < 4.78 is 0.